The van der Waals surface area contributed by atoms with Crippen molar-refractivity contribution in [1.82, 2.24) is 19.7 Å². The molecule has 154 valence electrons. The van der Waals surface area contributed by atoms with Crippen LogP contribution in [-0.4, -0.2) is 51.2 Å². The zero-order chi connectivity index (χ0) is 20.9. The zero-order valence-corrected chi connectivity index (χ0v) is 16.9. The molecular formula is C23H24N4O3. The maximum atomic E-state index is 13.2. The molecular weight excluding hydrogens is 380 g/mol. The molecule has 7 nitrogen and oxygen atoms in total. The van der Waals surface area contributed by atoms with Gasteiger partial charge in [0.1, 0.15) is 0 Å². The van der Waals surface area contributed by atoms with Crippen molar-refractivity contribution in [3.8, 4) is 17.1 Å². The van der Waals surface area contributed by atoms with Crippen LogP contribution < -0.4 is 0 Å². The third kappa shape index (κ3) is 4.10. The summed E-state index contributed by atoms with van der Waals surface area (Å²) in [4.78, 5) is 31.6. The lowest BCUT2D eigenvalue weighted by Gasteiger charge is -2.30. The number of aromatic nitrogens is 3. The van der Waals surface area contributed by atoms with Crippen molar-refractivity contribution in [1.29, 1.82) is 0 Å². The third-order valence-electron chi connectivity index (χ3n) is 5.16. The number of esters is 1. The molecule has 0 saturated carbocycles. The largest absolute Gasteiger partial charge is 0.466 e. The molecule has 0 spiro atoms. The standard InChI is InChI=1S/C23H24N4O3/c1-2-30-23(29)18-12-9-15-26(16-18)22(28)20-24-21(17-10-5-3-6-11-17)27(25-20)19-13-7-4-8-14-19/h3-8,10-11,13-14,18H,2,9,12,15-16H2,1H3/t18-/m0/s1. The molecule has 0 unspecified atom stereocenters. The first kappa shape index (κ1) is 19.8. The van der Waals surface area contributed by atoms with Gasteiger partial charge in [0.15, 0.2) is 5.82 Å². The fourth-order valence-electron chi connectivity index (χ4n) is 3.68. The van der Waals surface area contributed by atoms with Crippen molar-refractivity contribution >= 4 is 11.9 Å². The van der Waals surface area contributed by atoms with Gasteiger partial charge < -0.3 is 9.64 Å². The van der Waals surface area contributed by atoms with Gasteiger partial charge in [0, 0.05) is 18.7 Å². The van der Waals surface area contributed by atoms with Crippen LogP contribution in [0.5, 0.6) is 0 Å². The number of likely N-dealkylation sites (tertiary alicyclic amines) is 1. The number of carbonyl (C=O) groups is 2. The molecule has 0 aliphatic carbocycles. The molecule has 1 saturated heterocycles. The average molecular weight is 404 g/mol. The summed E-state index contributed by atoms with van der Waals surface area (Å²) in [6, 6.07) is 19.3. The molecule has 2 aromatic carbocycles. The summed E-state index contributed by atoms with van der Waals surface area (Å²) in [7, 11) is 0. The van der Waals surface area contributed by atoms with Crippen LogP contribution in [-0.2, 0) is 9.53 Å². The van der Waals surface area contributed by atoms with Crippen LogP contribution in [0.15, 0.2) is 60.7 Å². The number of hydrogen-bond donors (Lipinski definition) is 0. The van der Waals surface area contributed by atoms with E-state index in [-0.39, 0.29) is 23.6 Å². The summed E-state index contributed by atoms with van der Waals surface area (Å²) in [5, 5.41) is 4.54. The molecule has 1 aliphatic heterocycles. The Morgan fingerprint density at radius 1 is 1.07 bits per heavy atom. The Morgan fingerprint density at radius 3 is 2.47 bits per heavy atom. The number of ether oxygens (including phenoxy) is 1. The van der Waals surface area contributed by atoms with E-state index in [4.69, 9.17) is 4.74 Å². The Labute approximate surface area is 175 Å². The van der Waals surface area contributed by atoms with Crippen LogP contribution in [0, 0.1) is 5.92 Å². The molecule has 0 bridgehead atoms. The first-order valence-corrected chi connectivity index (χ1v) is 10.2. The van der Waals surface area contributed by atoms with E-state index in [1.165, 1.54) is 0 Å². The summed E-state index contributed by atoms with van der Waals surface area (Å²) in [6.45, 7) is 3.04. The summed E-state index contributed by atoms with van der Waals surface area (Å²) in [5.41, 5.74) is 1.70. The lowest BCUT2D eigenvalue weighted by molar-refractivity contribution is -0.149. The number of amides is 1. The SMILES string of the molecule is CCOC(=O)[C@H]1CCCN(C(=O)c2nc(-c3ccccc3)n(-c3ccccc3)n2)C1. The second-order valence-electron chi connectivity index (χ2n) is 7.21. The first-order valence-electron chi connectivity index (χ1n) is 10.2. The molecule has 1 atom stereocenters. The van der Waals surface area contributed by atoms with Crippen LogP contribution in [0.1, 0.15) is 30.4 Å². The van der Waals surface area contributed by atoms with E-state index in [0.29, 0.717) is 25.5 Å². The highest BCUT2D eigenvalue weighted by Crippen LogP contribution is 2.23. The molecule has 1 aliphatic rings. The molecule has 7 heteroatoms. The lowest BCUT2D eigenvalue weighted by atomic mass is 9.98. The van der Waals surface area contributed by atoms with Gasteiger partial charge >= 0.3 is 5.97 Å². The van der Waals surface area contributed by atoms with Gasteiger partial charge in [0.05, 0.1) is 18.2 Å². The van der Waals surface area contributed by atoms with Gasteiger partial charge in [0.25, 0.3) is 5.91 Å². The molecule has 2 heterocycles. The van der Waals surface area contributed by atoms with E-state index in [2.05, 4.69) is 10.1 Å². The Morgan fingerprint density at radius 2 is 1.77 bits per heavy atom. The van der Waals surface area contributed by atoms with Crippen LogP contribution in [0.2, 0.25) is 0 Å². The van der Waals surface area contributed by atoms with Crippen molar-refractivity contribution in [2.75, 3.05) is 19.7 Å². The van der Waals surface area contributed by atoms with Crippen molar-refractivity contribution < 1.29 is 14.3 Å². The van der Waals surface area contributed by atoms with Gasteiger partial charge in [0.2, 0.25) is 5.82 Å². The minimum Gasteiger partial charge on any atom is -0.466 e. The summed E-state index contributed by atoms with van der Waals surface area (Å²) >= 11 is 0. The number of rotatable bonds is 5. The highest BCUT2D eigenvalue weighted by atomic mass is 16.5. The van der Waals surface area contributed by atoms with Crippen molar-refractivity contribution in [3.05, 3.63) is 66.5 Å². The second kappa shape index (κ2) is 8.90. The average Bonchev–Trinajstić information content (AvgIpc) is 3.25. The van der Waals surface area contributed by atoms with Gasteiger partial charge in [-0.05, 0) is 31.9 Å². The van der Waals surface area contributed by atoms with Crippen molar-refractivity contribution in [2.45, 2.75) is 19.8 Å². The molecule has 1 amide bonds. The maximum absolute atomic E-state index is 13.2. The molecule has 3 aromatic rings. The number of carbonyl (C=O) groups excluding carboxylic acids is 2. The normalized spacial score (nSPS) is 16.3. The molecule has 1 aromatic heterocycles. The van der Waals surface area contributed by atoms with Crippen LogP contribution >= 0.6 is 0 Å². The minimum absolute atomic E-state index is 0.127. The number of piperidine rings is 1. The predicted octanol–water partition coefficient (Wildman–Crippen LogP) is 3.35. The van der Waals surface area contributed by atoms with Gasteiger partial charge in [-0.1, -0.05) is 48.5 Å². The fourth-order valence-corrected chi connectivity index (χ4v) is 3.68. The molecule has 4 rings (SSSR count). The molecule has 30 heavy (non-hydrogen) atoms. The van der Waals surface area contributed by atoms with Gasteiger partial charge in [-0.3, -0.25) is 9.59 Å². The Balaban J connectivity index is 1.65. The summed E-state index contributed by atoms with van der Waals surface area (Å²) < 4.78 is 6.83. The minimum atomic E-state index is -0.299. The number of para-hydroxylation sites is 1. The fraction of sp³-hybridized carbons (Fsp3) is 0.304. The monoisotopic (exact) mass is 404 g/mol. The molecule has 0 N–H and O–H groups in total. The Bertz CT molecular complexity index is 960. The predicted molar refractivity (Wildman–Crippen MR) is 112 cm³/mol. The van der Waals surface area contributed by atoms with E-state index in [1.807, 2.05) is 60.7 Å². The topological polar surface area (TPSA) is 77.3 Å². The number of hydrogen-bond acceptors (Lipinski definition) is 5. The van der Waals surface area contributed by atoms with Crippen LogP contribution in [0.4, 0.5) is 0 Å². The summed E-state index contributed by atoms with van der Waals surface area (Å²) in [5.74, 6) is -0.0858. The van der Waals surface area contributed by atoms with Gasteiger partial charge in [-0.2, -0.15) is 0 Å². The Hall–Kier alpha value is -3.48. The summed E-state index contributed by atoms with van der Waals surface area (Å²) in [6.07, 6.45) is 1.48. The van der Waals surface area contributed by atoms with Gasteiger partial charge in [-0.15, -0.1) is 5.10 Å². The smallest absolute Gasteiger partial charge is 0.310 e. The van der Waals surface area contributed by atoms with Gasteiger partial charge in [-0.25, -0.2) is 9.67 Å². The zero-order valence-electron chi connectivity index (χ0n) is 16.9. The van der Waals surface area contributed by atoms with Crippen molar-refractivity contribution in [2.24, 2.45) is 5.92 Å². The first-order chi connectivity index (χ1) is 14.7. The highest BCUT2D eigenvalue weighted by Gasteiger charge is 2.32. The van der Waals surface area contributed by atoms with E-state index in [9.17, 15) is 9.59 Å². The molecule has 0 radical (unpaired) electrons. The third-order valence-corrected chi connectivity index (χ3v) is 5.16. The highest BCUT2D eigenvalue weighted by molar-refractivity contribution is 5.91. The van der Waals surface area contributed by atoms with Crippen molar-refractivity contribution in [3.63, 3.8) is 0 Å². The van der Waals surface area contributed by atoms with E-state index in [1.54, 1.807) is 16.5 Å². The lowest BCUT2D eigenvalue weighted by Crippen LogP contribution is -2.43. The number of nitrogens with zero attached hydrogens (tertiary/aromatic N) is 4. The Kier molecular flexibility index (Phi) is 5.88. The van der Waals surface area contributed by atoms with E-state index in [0.717, 1.165) is 24.1 Å². The van der Waals surface area contributed by atoms with E-state index >= 15 is 0 Å². The maximum Gasteiger partial charge on any atom is 0.310 e. The molecule has 1 fully saturated rings. The van der Waals surface area contributed by atoms with Crippen LogP contribution in [0.3, 0.4) is 0 Å². The quantitative estimate of drug-likeness (QED) is 0.610. The second-order valence-corrected chi connectivity index (χ2v) is 7.21. The number of benzene rings is 2. The van der Waals surface area contributed by atoms with Crippen LogP contribution in [0.25, 0.3) is 17.1 Å². The van der Waals surface area contributed by atoms with E-state index < -0.39 is 0 Å².